The Kier molecular flexibility index (Phi) is 7.23. The molecule has 1 aliphatic heterocycles. The molecular formula is C18H27NO5S2. The summed E-state index contributed by atoms with van der Waals surface area (Å²) >= 11 is 0. The van der Waals surface area contributed by atoms with Gasteiger partial charge in [0.05, 0.1) is 17.3 Å². The van der Waals surface area contributed by atoms with Gasteiger partial charge in [-0.1, -0.05) is 37.3 Å². The van der Waals surface area contributed by atoms with Crippen LogP contribution in [0.3, 0.4) is 0 Å². The van der Waals surface area contributed by atoms with Gasteiger partial charge in [0, 0.05) is 12.6 Å². The van der Waals surface area contributed by atoms with Crippen molar-refractivity contribution in [1.82, 2.24) is 4.90 Å². The molecule has 2 rings (SSSR count). The van der Waals surface area contributed by atoms with Gasteiger partial charge in [0.2, 0.25) is 5.91 Å². The van der Waals surface area contributed by atoms with E-state index >= 15 is 0 Å². The lowest BCUT2D eigenvalue weighted by molar-refractivity contribution is -0.130. The lowest BCUT2D eigenvalue weighted by Crippen LogP contribution is -2.44. The molecule has 6 nitrogen and oxygen atoms in total. The molecule has 146 valence electrons. The molecule has 0 bridgehead atoms. The van der Waals surface area contributed by atoms with Gasteiger partial charge in [0.15, 0.2) is 19.7 Å². The topological polar surface area (TPSA) is 88.6 Å². The number of benzene rings is 1. The Morgan fingerprint density at radius 2 is 1.92 bits per heavy atom. The van der Waals surface area contributed by atoms with Crippen LogP contribution in [0.1, 0.15) is 31.7 Å². The minimum absolute atomic E-state index is 0.0451. The molecule has 8 heteroatoms. The Hall–Kier alpha value is -1.41. The van der Waals surface area contributed by atoms with Crippen LogP contribution in [0.25, 0.3) is 0 Å². The SMILES string of the molecule is CCCN(C(=O)CS(=O)(=O)CCCc1ccccc1)C1CCS(=O)(=O)C1. The molecule has 0 N–H and O–H groups in total. The van der Waals surface area contributed by atoms with E-state index in [1.54, 1.807) is 0 Å². The molecular weight excluding hydrogens is 374 g/mol. The molecule has 0 aromatic heterocycles. The molecule has 1 aromatic rings. The molecule has 1 aromatic carbocycles. The number of aryl methyl sites for hydroxylation is 1. The molecule has 1 fully saturated rings. The zero-order chi connectivity index (χ0) is 19.2. The second kappa shape index (κ2) is 8.99. The number of hydrogen-bond acceptors (Lipinski definition) is 5. The summed E-state index contributed by atoms with van der Waals surface area (Å²) in [5.74, 6) is -1.06. The van der Waals surface area contributed by atoms with Crippen LogP contribution in [0.15, 0.2) is 30.3 Å². The van der Waals surface area contributed by atoms with E-state index < -0.39 is 37.4 Å². The summed E-state index contributed by atoms with van der Waals surface area (Å²) in [7, 11) is -6.64. The average molecular weight is 402 g/mol. The first-order chi connectivity index (χ1) is 12.2. The molecule has 1 heterocycles. The number of amides is 1. The van der Waals surface area contributed by atoms with Gasteiger partial charge in [-0.05, 0) is 31.2 Å². The van der Waals surface area contributed by atoms with Gasteiger partial charge in [-0.3, -0.25) is 4.79 Å². The third kappa shape index (κ3) is 6.39. The first-order valence-electron chi connectivity index (χ1n) is 8.96. The molecule has 1 saturated heterocycles. The Bertz CT molecular complexity index is 803. The molecule has 26 heavy (non-hydrogen) atoms. The van der Waals surface area contributed by atoms with E-state index in [-0.39, 0.29) is 17.3 Å². The number of rotatable bonds is 9. The third-order valence-electron chi connectivity index (χ3n) is 4.54. The van der Waals surface area contributed by atoms with Crippen molar-refractivity contribution in [3.8, 4) is 0 Å². The highest BCUT2D eigenvalue weighted by Crippen LogP contribution is 2.19. The highest BCUT2D eigenvalue weighted by molar-refractivity contribution is 7.92. The highest BCUT2D eigenvalue weighted by Gasteiger charge is 2.35. The fourth-order valence-electron chi connectivity index (χ4n) is 3.26. The van der Waals surface area contributed by atoms with Crippen LogP contribution < -0.4 is 0 Å². The third-order valence-corrected chi connectivity index (χ3v) is 7.89. The standard InChI is InChI=1S/C18H27NO5S2/c1-2-11-19(17-10-13-26(23,24)14-17)18(20)15-25(21,22)12-6-9-16-7-4-3-5-8-16/h3-5,7-8,17H,2,6,9-15H2,1H3. The van der Waals surface area contributed by atoms with Gasteiger partial charge in [0.1, 0.15) is 5.75 Å². The zero-order valence-electron chi connectivity index (χ0n) is 15.1. The monoisotopic (exact) mass is 401 g/mol. The largest absolute Gasteiger partial charge is 0.338 e. The Morgan fingerprint density at radius 3 is 2.50 bits per heavy atom. The van der Waals surface area contributed by atoms with Crippen molar-refractivity contribution < 1.29 is 21.6 Å². The number of sulfone groups is 2. The maximum Gasteiger partial charge on any atom is 0.238 e. The maximum atomic E-state index is 12.5. The minimum Gasteiger partial charge on any atom is -0.338 e. The first-order valence-corrected chi connectivity index (χ1v) is 12.6. The molecule has 0 saturated carbocycles. The van der Waals surface area contributed by atoms with Crippen LogP contribution in [0.5, 0.6) is 0 Å². The number of hydrogen-bond donors (Lipinski definition) is 0. The lowest BCUT2D eigenvalue weighted by Gasteiger charge is -2.27. The van der Waals surface area contributed by atoms with Crippen molar-refractivity contribution in [3.05, 3.63) is 35.9 Å². The summed E-state index contributed by atoms with van der Waals surface area (Å²) < 4.78 is 48.0. The van der Waals surface area contributed by atoms with Crippen LogP contribution in [-0.4, -0.2) is 63.2 Å². The van der Waals surface area contributed by atoms with Crippen molar-refractivity contribution in [1.29, 1.82) is 0 Å². The fourth-order valence-corrected chi connectivity index (χ4v) is 6.26. The summed E-state index contributed by atoms with van der Waals surface area (Å²) in [5.41, 5.74) is 1.07. The minimum atomic E-state index is -3.51. The molecule has 1 amide bonds. The van der Waals surface area contributed by atoms with Crippen LogP contribution in [-0.2, 0) is 30.9 Å². The molecule has 1 aliphatic rings. The smallest absolute Gasteiger partial charge is 0.238 e. The summed E-state index contributed by atoms with van der Waals surface area (Å²) in [5, 5.41) is 0. The Morgan fingerprint density at radius 1 is 1.23 bits per heavy atom. The lowest BCUT2D eigenvalue weighted by atomic mass is 10.1. The second-order valence-corrected chi connectivity index (χ2v) is 11.2. The van der Waals surface area contributed by atoms with Gasteiger partial charge in [0.25, 0.3) is 0 Å². The van der Waals surface area contributed by atoms with Crippen LogP contribution in [0.4, 0.5) is 0 Å². The van der Waals surface area contributed by atoms with Crippen molar-refractivity contribution in [2.45, 2.75) is 38.6 Å². The number of carbonyl (C=O) groups is 1. The summed E-state index contributed by atoms with van der Waals surface area (Å²) in [4.78, 5) is 14.0. The molecule has 1 unspecified atom stereocenters. The van der Waals surface area contributed by atoms with E-state index in [2.05, 4.69) is 0 Å². The van der Waals surface area contributed by atoms with Gasteiger partial charge >= 0.3 is 0 Å². The van der Waals surface area contributed by atoms with E-state index in [0.717, 1.165) is 5.56 Å². The molecule has 0 radical (unpaired) electrons. The number of nitrogens with zero attached hydrogens (tertiary/aromatic N) is 1. The van der Waals surface area contributed by atoms with Gasteiger partial charge in [-0.2, -0.15) is 0 Å². The van der Waals surface area contributed by atoms with E-state index in [0.29, 0.717) is 32.2 Å². The van der Waals surface area contributed by atoms with Crippen LogP contribution in [0, 0.1) is 0 Å². The van der Waals surface area contributed by atoms with E-state index in [1.807, 2.05) is 37.3 Å². The molecule has 0 aliphatic carbocycles. The normalized spacial score (nSPS) is 19.3. The van der Waals surface area contributed by atoms with Crippen LogP contribution in [0.2, 0.25) is 0 Å². The van der Waals surface area contributed by atoms with Gasteiger partial charge in [-0.15, -0.1) is 0 Å². The summed E-state index contributed by atoms with van der Waals surface area (Å²) in [6, 6.07) is 9.22. The van der Waals surface area contributed by atoms with Crippen molar-refractivity contribution in [2.75, 3.05) is 29.6 Å². The highest BCUT2D eigenvalue weighted by atomic mass is 32.2. The maximum absolute atomic E-state index is 12.5. The molecule has 0 spiro atoms. The van der Waals surface area contributed by atoms with Crippen LogP contribution >= 0.6 is 0 Å². The fraction of sp³-hybridized carbons (Fsp3) is 0.611. The van der Waals surface area contributed by atoms with Crippen molar-refractivity contribution in [2.24, 2.45) is 0 Å². The molecule has 1 atom stereocenters. The van der Waals surface area contributed by atoms with E-state index in [9.17, 15) is 21.6 Å². The Balaban J connectivity index is 1.92. The average Bonchev–Trinajstić information content (AvgIpc) is 2.92. The summed E-state index contributed by atoms with van der Waals surface area (Å²) in [6.45, 7) is 2.27. The zero-order valence-corrected chi connectivity index (χ0v) is 16.8. The van der Waals surface area contributed by atoms with E-state index in [1.165, 1.54) is 4.90 Å². The predicted octanol–water partition coefficient (Wildman–Crippen LogP) is 1.46. The second-order valence-electron chi connectivity index (χ2n) is 6.83. The number of carbonyl (C=O) groups excluding carboxylic acids is 1. The van der Waals surface area contributed by atoms with Crippen molar-refractivity contribution in [3.63, 3.8) is 0 Å². The van der Waals surface area contributed by atoms with Gasteiger partial charge in [-0.25, -0.2) is 16.8 Å². The van der Waals surface area contributed by atoms with E-state index in [4.69, 9.17) is 0 Å². The van der Waals surface area contributed by atoms with Gasteiger partial charge < -0.3 is 4.90 Å². The van der Waals surface area contributed by atoms with Crippen molar-refractivity contribution >= 4 is 25.6 Å². The Labute approximate surface area is 156 Å². The predicted molar refractivity (Wildman–Crippen MR) is 102 cm³/mol. The quantitative estimate of drug-likeness (QED) is 0.625. The summed E-state index contributed by atoms with van der Waals surface area (Å²) in [6.07, 6.45) is 2.16. The first kappa shape index (κ1) is 20.9.